The summed E-state index contributed by atoms with van der Waals surface area (Å²) in [5, 5.41) is 0. The number of rotatable bonds is 3. The van der Waals surface area contributed by atoms with Crippen LogP contribution >= 0.6 is 6.60 Å². The molecule has 2 aliphatic rings. The van der Waals surface area contributed by atoms with Crippen LogP contribution in [0.3, 0.4) is 0 Å². The van der Waals surface area contributed by atoms with E-state index >= 15 is 0 Å². The van der Waals surface area contributed by atoms with E-state index in [0.717, 1.165) is 0 Å². The van der Waals surface area contributed by atoms with Gasteiger partial charge in [-0.15, -0.1) is 0 Å². The van der Waals surface area contributed by atoms with Gasteiger partial charge >= 0.3 is 82.9 Å². The molecular formula is C12H25P. The molecule has 0 aromatic heterocycles. The molecule has 0 aliphatic carbocycles. The van der Waals surface area contributed by atoms with Crippen LogP contribution in [0.5, 0.6) is 0 Å². The Morgan fingerprint density at radius 2 is 1.31 bits per heavy atom. The predicted molar refractivity (Wildman–Crippen MR) is 64.6 cm³/mol. The second-order valence-electron chi connectivity index (χ2n) is 5.62. The maximum atomic E-state index is 2.36. The van der Waals surface area contributed by atoms with Crippen LogP contribution < -0.4 is 0 Å². The van der Waals surface area contributed by atoms with Crippen LogP contribution in [-0.2, 0) is 0 Å². The zero-order valence-corrected chi connectivity index (χ0v) is 10.1. The molecule has 0 amide bonds. The van der Waals surface area contributed by atoms with Crippen LogP contribution in [0.15, 0.2) is 0 Å². The topological polar surface area (TPSA) is 0 Å². The van der Waals surface area contributed by atoms with Crippen LogP contribution in [0.1, 0.15) is 45.4 Å². The van der Waals surface area contributed by atoms with Gasteiger partial charge in [0.2, 0.25) is 0 Å². The van der Waals surface area contributed by atoms with Gasteiger partial charge in [0.25, 0.3) is 0 Å². The minimum atomic E-state index is -1.01. The molecular weight excluding hydrogens is 175 g/mol. The molecule has 0 nitrogen and oxygen atoms in total. The van der Waals surface area contributed by atoms with Gasteiger partial charge in [-0.25, -0.2) is 0 Å². The molecule has 0 bridgehead atoms. The van der Waals surface area contributed by atoms with Crippen LogP contribution in [0.2, 0.25) is 0 Å². The van der Waals surface area contributed by atoms with Crippen molar-refractivity contribution in [3.8, 4) is 0 Å². The third kappa shape index (κ3) is 1.67. The van der Waals surface area contributed by atoms with E-state index in [1.54, 1.807) is 56.5 Å². The Morgan fingerprint density at radius 3 is 1.69 bits per heavy atom. The van der Waals surface area contributed by atoms with E-state index < -0.39 is 6.60 Å². The van der Waals surface area contributed by atoms with Crippen molar-refractivity contribution in [3.63, 3.8) is 0 Å². The molecule has 2 saturated heterocycles. The molecule has 0 unspecified atom stereocenters. The Bertz CT molecular complexity index is 150. The Kier molecular flexibility index (Phi) is 2.71. The summed E-state index contributed by atoms with van der Waals surface area (Å²) in [7, 11) is 0. The monoisotopic (exact) mass is 200 g/mol. The first-order valence-electron chi connectivity index (χ1n) is 6.29. The summed E-state index contributed by atoms with van der Waals surface area (Å²) in [5.74, 6) is 0. The van der Waals surface area contributed by atoms with Crippen molar-refractivity contribution in [1.29, 1.82) is 0 Å². The first kappa shape index (κ1) is 9.97. The summed E-state index contributed by atoms with van der Waals surface area (Å²) < 4.78 is 0. The standard InChI is InChI=1S/C12H25P/c1-2-3-8-13(9-4-5-10-13)11-6-7-12-13/h2-12H2,1H3. The van der Waals surface area contributed by atoms with E-state index in [-0.39, 0.29) is 0 Å². The van der Waals surface area contributed by atoms with Gasteiger partial charge in [-0.3, -0.25) is 0 Å². The summed E-state index contributed by atoms with van der Waals surface area (Å²) >= 11 is 0. The van der Waals surface area contributed by atoms with Crippen molar-refractivity contribution in [1.82, 2.24) is 0 Å². The Morgan fingerprint density at radius 1 is 0.846 bits per heavy atom. The fraction of sp³-hybridized carbons (Fsp3) is 1.00. The third-order valence-corrected chi connectivity index (χ3v) is 12.7. The average Bonchev–Trinajstić information content (AvgIpc) is 2.75. The quantitative estimate of drug-likeness (QED) is 0.606. The van der Waals surface area contributed by atoms with Gasteiger partial charge in [-0.2, -0.15) is 0 Å². The molecule has 0 aromatic carbocycles. The molecule has 0 aromatic rings. The van der Waals surface area contributed by atoms with E-state index in [2.05, 4.69) is 6.92 Å². The van der Waals surface area contributed by atoms with Gasteiger partial charge in [0.15, 0.2) is 0 Å². The number of unbranched alkanes of at least 4 members (excludes halogenated alkanes) is 1. The summed E-state index contributed by atoms with van der Waals surface area (Å²) in [6.07, 6.45) is 17.8. The van der Waals surface area contributed by atoms with Gasteiger partial charge in [-0.1, -0.05) is 0 Å². The molecule has 78 valence electrons. The fourth-order valence-electron chi connectivity index (χ4n) is 3.96. The number of hydrogen-bond acceptors (Lipinski definition) is 0. The van der Waals surface area contributed by atoms with Crippen molar-refractivity contribution < 1.29 is 0 Å². The Labute approximate surface area is 83.4 Å². The normalized spacial score (nSPS) is 33.2. The number of hydrogen-bond donors (Lipinski definition) is 0. The zero-order valence-electron chi connectivity index (χ0n) is 9.23. The second kappa shape index (κ2) is 3.54. The third-order valence-electron chi connectivity index (χ3n) is 4.81. The zero-order chi connectivity index (χ0) is 9.23. The summed E-state index contributed by atoms with van der Waals surface area (Å²) in [4.78, 5) is 0. The fourth-order valence-corrected chi connectivity index (χ4v) is 11.9. The van der Waals surface area contributed by atoms with Gasteiger partial charge in [0.05, 0.1) is 0 Å². The van der Waals surface area contributed by atoms with Gasteiger partial charge in [0, 0.05) is 0 Å². The van der Waals surface area contributed by atoms with E-state index in [4.69, 9.17) is 0 Å². The van der Waals surface area contributed by atoms with Gasteiger partial charge in [-0.05, 0) is 0 Å². The SMILES string of the molecule is CCCCP12(CCCC1)CCCC2. The van der Waals surface area contributed by atoms with Crippen molar-refractivity contribution in [3.05, 3.63) is 0 Å². The molecule has 0 radical (unpaired) electrons. The molecule has 0 saturated carbocycles. The molecule has 2 aliphatic heterocycles. The van der Waals surface area contributed by atoms with Gasteiger partial charge < -0.3 is 0 Å². The summed E-state index contributed by atoms with van der Waals surface area (Å²) in [6.45, 7) is 1.35. The minimum absolute atomic E-state index is 1.01. The predicted octanol–water partition coefficient (Wildman–Crippen LogP) is 3.93. The van der Waals surface area contributed by atoms with Gasteiger partial charge in [0.1, 0.15) is 0 Å². The van der Waals surface area contributed by atoms with E-state index in [1.165, 1.54) is 12.8 Å². The van der Waals surface area contributed by atoms with E-state index in [1.807, 2.05) is 0 Å². The van der Waals surface area contributed by atoms with Crippen molar-refractivity contribution >= 4 is 6.60 Å². The Balaban J connectivity index is 2.09. The van der Waals surface area contributed by atoms with Crippen LogP contribution in [0.25, 0.3) is 0 Å². The van der Waals surface area contributed by atoms with E-state index in [9.17, 15) is 0 Å². The molecule has 2 rings (SSSR count). The van der Waals surface area contributed by atoms with Crippen LogP contribution in [-0.4, -0.2) is 30.8 Å². The molecule has 0 N–H and O–H groups in total. The molecule has 1 heteroatoms. The first-order chi connectivity index (χ1) is 6.29. The molecule has 0 atom stereocenters. The molecule has 13 heavy (non-hydrogen) atoms. The molecule has 2 heterocycles. The van der Waals surface area contributed by atoms with Crippen molar-refractivity contribution in [2.75, 3.05) is 30.8 Å². The first-order valence-corrected chi connectivity index (χ1v) is 9.45. The van der Waals surface area contributed by atoms with Crippen molar-refractivity contribution in [2.45, 2.75) is 45.4 Å². The second-order valence-corrected chi connectivity index (χ2v) is 12.3. The molecule has 2 fully saturated rings. The average molecular weight is 200 g/mol. The summed E-state index contributed by atoms with van der Waals surface area (Å²) in [6, 6.07) is 0. The van der Waals surface area contributed by atoms with E-state index in [0.29, 0.717) is 0 Å². The van der Waals surface area contributed by atoms with Crippen molar-refractivity contribution in [2.24, 2.45) is 0 Å². The summed E-state index contributed by atoms with van der Waals surface area (Å²) in [5.41, 5.74) is 0. The Hall–Kier alpha value is 0.430. The molecule has 1 spiro atoms. The van der Waals surface area contributed by atoms with Crippen LogP contribution in [0, 0.1) is 0 Å². The van der Waals surface area contributed by atoms with Crippen LogP contribution in [0.4, 0.5) is 0 Å². The maximum absolute atomic E-state index is 2.36.